The number of amides is 1. The lowest BCUT2D eigenvalue weighted by Crippen LogP contribution is -2.44. The molecular weight excluding hydrogens is 268 g/mol. The Morgan fingerprint density at radius 2 is 2.00 bits per heavy atom. The van der Waals surface area contributed by atoms with Gasteiger partial charge in [-0.05, 0) is 24.3 Å². The number of hydrogen-bond donors (Lipinski definition) is 1. The SMILES string of the molecule is O=C(NCCc1ccccn1)[C@@H]1COc2ccccc2O1. The summed E-state index contributed by atoms with van der Waals surface area (Å²) in [6.45, 7) is 0.754. The molecule has 1 atom stereocenters. The minimum atomic E-state index is -0.608. The molecule has 2 heterocycles. The molecule has 1 aliphatic rings. The smallest absolute Gasteiger partial charge is 0.264 e. The van der Waals surface area contributed by atoms with Gasteiger partial charge in [0.15, 0.2) is 11.5 Å². The number of carbonyl (C=O) groups excluding carboxylic acids is 1. The van der Waals surface area contributed by atoms with Gasteiger partial charge in [0.25, 0.3) is 5.91 Å². The van der Waals surface area contributed by atoms with Crippen molar-refractivity contribution in [2.45, 2.75) is 12.5 Å². The molecule has 1 amide bonds. The van der Waals surface area contributed by atoms with Crippen molar-refractivity contribution in [2.24, 2.45) is 0 Å². The summed E-state index contributed by atoms with van der Waals surface area (Å²) in [4.78, 5) is 16.3. The van der Waals surface area contributed by atoms with Gasteiger partial charge in [0, 0.05) is 24.9 Å². The average Bonchev–Trinajstić information content (AvgIpc) is 2.55. The number of para-hydroxylation sites is 2. The van der Waals surface area contributed by atoms with Gasteiger partial charge in [0.1, 0.15) is 6.61 Å². The fourth-order valence-corrected chi connectivity index (χ4v) is 2.12. The zero-order valence-corrected chi connectivity index (χ0v) is 11.5. The first-order valence-corrected chi connectivity index (χ1v) is 6.89. The van der Waals surface area contributed by atoms with Gasteiger partial charge in [-0.3, -0.25) is 9.78 Å². The summed E-state index contributed by atoms with van der Waals surface area (Å²) in [7, 11) is 0. The average molecular weight is 284 g/mol. The van der Waals surface area contributed by atoms with Crippen molar-refractivity contribution in [1.82, 2.24) is 10.3 Å². The van der Waals surface area contributed by atoms with Gasteiger partial charge in [0.2, 0.25) is 6.10 Å². The van der Waals surface area contributed by atoms with Gasteiger partial charge in [0.05, 0.1) is 0 Å². The topological polar surface area (TPSA) is 60.5 Å². The highest BCUT2D eigenvalue weighted by Crippen LogP contribution is 2.30. The van der Waals surface area contributed by atoms with Crippen molar-refractivity contribution in [3.05, 3.63) is 54.4 Å². The Hall–Kier alpha value is -2.56. The van der Waals surface area contributed by atoms with E-state index < -0.39 is 6.10 Å². The number of ether oxygens (including phenoxy) is 2. The Bertz CT molecular complexity index is 616. The molecule has 1 N–H and O–H groups in total. The second kappa shape index (κ2) is 6.26. The first-order chi connectivity index (χ1) is 10.3. The van der Waals surface area contributed by atoms with E-state index in [1.165, 1.54) is 0 Å². The van der Waals surface area contributed by atoms with Crippen molar-refractivity contribution < 1.29 is 14.3 Å². The van der Waals surface area contributed by atoms with Crippen LogP contribution in [0.15, 0.2) is 48.7 Å². The van der Waals surface area contributed by atoms with Crippen LogP contribution in [0, 0.1) is 0 Å². The predicted molar refractivity (Wildman–Crippen MR) is 77.3 cm³/mol. The summed E-state index contributed by atoms with van der Waals surface area (Å²) in [6.07, 6.45) is 1.83. The van der Waals surface area contributed by atoms with Crippen LogP contribution in [0.2, 0.25) is 0 Å². The molecule has 0 aliphatic carbocycles. The molecule has 0 fully saturated rings. The van der Waals surface area contributed by atoms with E-state index in [0.717, 1.165) is 5.69 Å². The molecule has 0 radical (unpaired) electrons. The van der Waals surface area contributed by atoms with E-state index in [1.807, 2.05) is 36.4 Å². The molecule has 1 aromatic carbocycles. The lowest BCUT2D eigenvalue weighted by molar-refractivity contribution is -0.130. The molecule has 21 heavy (non-hydrogen) atoms. The molecular formula is C16H16N2O3. The van der Waals surface area contributed by atoms with Crippen LogP contribution in [-0.2, 0) is 11.2 Å². The minimum absolute atomic E-state index is 0.166. The van der Waals surface area contributed by atoms with Crippen LogP contribution in [0.5, 0.6) is 11.5 Å². The van der Waals surface area contributed by atoms with E-state index in [2.05, 4.69) is 10.3 Å². The van der Waals surface area contributed by atoms with Gasteiger partial charge < -0.3 is 14.8 Å². The van der Waals surface area contributed by atoms with Gasteiger partial charge in [-0.1, -0.05) is 18.2 Å². The Morgan fingerprint density at radius 1 is 1.19 bits per heavy atom. The highest BCUT2D eigenvalue weighted by atomic mass is 16.6. The fraction of sp³-hybridized carbons (Fsp3) is 0.250. The highest BCUT2D eigenvalue weighted by molar-refractivity contribution is 5.81. The lowest BCUT2D eigenvalue weighted by Gasteiger charge is -2.25. The molecule has 3 rings (SSSR count). The van der Waals surface area contributed by atoms with E-state index in [4.69, 9.17) is 9.47 Å². The maximum Gasteiger partial charge on any atom is 0.264 e. The zero-order valence-electron chi connectivity index (χ0n) is 11.5. The molecule has 0 saturated carbocycles. The number of aromatic nitrogens is 1. The second-order valence-corrected chi connectivity index (χ2v) is 4.73. The summed E-state index contributed by atoms with van der Waals surface area (Å²) in [5, 5.41) is 2.85. The number of hydrogen-bond acceptors (Lipinski definition) is 4. The molecule has 2 aromatic rings. The number of fused-ring (bicyclic) bond motifs is 1. The standard InChI is InChI=1S/C16H16N2O3/c19-16(18-10-8-12-5-3-4-9-17-12)15-11-20-13-6-1-2-7-14(13)21-15/h1-7,9,15H,8,10-11H2,(H,18,19)/t15-/m0/s1. The number of nitrogens with zero attached hydrogens (tertiary/aromatic N) is 1. The second-order valence-electron chi connectivity index (χ2n) is 4.73. The van der Waals surface area contributed by atoms with Crippen LogP contribution >= 0.6 is 0 Å². The van der Waals surface area contributed by atoms with E-state index in [-0.39, 0.29) is 12.5 Å². The van der Waals surface area contributed by atoms with Crippen LogP contribution in [-0.4, -0.2) is 30.1 Å². The third-order valence-corrected chi connectivity index (χ3v) is 3.21. The van der Waals surface area contributed by atoms with Gasteiger partial charge >= 0.3 is 0 Å². The molecule has 108 valence electrons. The van der Waals surface area contributed by atoms with E-state index in [1.54, 1.807) is 12.3 Å². The fourth-order valence-electron chi connectivity index (χ4n) is 2.12. The molecule has 1 aliphatic heterocycles. The van der Waals surface area contributed by atoms with Gasteiger partial charge in [-0.15, -0.1) is 0 Å². The van der Waals surface area contributed by atoms with Crippen molar-refractivity contribution in [1.29, 1.82) is 0 Å². The van der Waals surface area contributed by atoms with Crippen LogP contribution in [0.25, 0.3) is 0 Å². The maximum atomic E-state index is 12.1. The Kier molecular flexibility index (Phi) is 4.00. The third-order valence-electron chi connectivity index (χ3n) is 3.21. The summed E-state index contributed by atoms with van der Waals surface area (Å²) in [5.74, 6) is 1.11. The summed E-state index contributed by atoms with van der Waals surface area (Å²) in [6, 6.07) is 13.1. The maximum absolute atomic E-state index is 12.1. The van der Waals surface area contributed by atoms with Crippen LogP contribution in [0.4, 0.5) is 0 Å². The molecule has 0 bridgehead atoms. The van der Waals surface area contributed by atoms with Crippen molar-refractivity contribution in [3.8, 4) is 11.5 Å². The van der Waals surface area contributed by atoms with Gasteiger partial charge in [-0.2, -0.15) is 0 Å². The molecule has 5 heteroatoms. The Balaban J connectivity index is 1.50. The number of pyridine rings is 1. The van der Waals surface area contributed by atoms with Crippen molar-refractivity contribution >= 4 is 5.91 Å². The summed E-state index contributed by atoms with van der Waals surface area (Å²) in [5.41, 5.74) is 0.948. The number of benzene rings is 1. The highest BCUT2D eigenvalue weighted by Gasteiger charge is 2.26. The number of carbonyl (C=O) groups is 1. The Labute approximate surface area is 122 Å². The van der Waals surface area contributed by atoms with Crippen molar-refractivity contribution in [2.75, 3.05) is 13.2 Å². The molecule has 1 aromatic heterocycles. The van der Waals surface area contributed by atoms with Gasteiger partial charge in [-0.25, -0.2) is 0 Å². The third kappa shape index (κ3) is 3.31. The van der Waals surface area contributed by atoms with Crippen LogP contribution < -0.4 is 14.8 Å². The van der Waals surface area contributed by atoms with E-state index in [9.17, 15) is 4.79 Å². The largest absolute Gasteiger partial charge is 0.485 e. The zero-order chi connectivity index (χ0) is 14.5. The summed E-state index contributed by atoms with van der Waals surface area (Å²) < 4.78 is 11.2. The van der Waals surface area contributed by atoms with Crippen LogP contribution in [0.1, 0.15) is 5.69 Å². The van der Waals surface area contributed by atoms with E-state index in [0.29, 0.717) is 24.5 Å². The van der Waals surface area contributed by atoms with Crippen molar-refractivity contribution in [3.63, 3.8) is 0 Å². The predicted octanol–water partition coefficient (Wildman–Crippen LogP) is 1.58. The lowest BCUT2D eigenvalue weighted by atomic mass is 10.2. The molecule has 5 nitrogen and oxygen atoms in total. The first kappa shape index (κ1) is 13.4. The first-order valence-electron chi connectivity index (χ1n) is 6.89. The molecule has 0 spiro atoms. The molecule has 0 unspecified atom stereocenters. The van der Waals surface area contributed by atoms with Crippen LogP contribution in [0.3, 0.4) is 0 Å². The number of nitrogens with one attached hydrogen (secondary N) is 1. The Morgan fingerprint density at radius 3 is 2.81 bits per heavy atom. The monoisotopic (exact) mass is 284 g/mol. The number of rotatable bonds is 4. The quantitative estimate of drug-likeness (QED) is 0.926. The van der Waals surface area contributed by atoms with E-state index >= 15 is 0 Å². The molecule has 0 saturated heterocycles. The normalized spacial score (nSPS) is 16.3. The summed E-state index contributed by atoms with van der Waals surface area (Å²) >= 11 is 0. The minimum Gasteiger partial charge on any atom is -0.485 e.